The van der Waals surface area contributed by atoms with Gasteiger partial charge in [0.25, 0.3) is 0 Å². The van der Waals surface area contributed by atoms with Crippen LogP contribution in [-0.2, 0) is 14.4 Å². The van der Waals surface area contributed by atoms with Crippen molar-refractivity contribution in [2.75, 3.05) is 13.1 Å². The van der Waals surface area contributed by atoms with Gasteiger partial charge >= 0.3 is 0 Å². The second-order valence-electron chi connectivity index (χ2n) is 14.1. The van der Waals surface area contributed by atoms with Crippen molar-refractivity contribution in [3.05, 3.63) is 11.6 Å². The number of rotatable bonds is 8. The van der Waals surface area contributed by atoms with Crippen molar-refractivity contribution in [2.24, 2.45) is 57.5 Å². The van der Waals surface area contributed by atoms with E-state index < -0.39 is 0 Å². The Kier molecular flexibility index (Phi) is 7.26. The van der Waals surface area contributed by atoms with Crippen molar-refractivity contribution < 1.29 is 14.4 Å². The van der Waals surface area contributed by atoms with Crippen LogP contribution in [0.5, 0.6) is 0 Å². The first-order valence-corrected chi connectivity index (χ1v) is 15.4. The number of carbonyl (C=O) groups is 3. The summed E-state index contributed by atoms with van der Waals surface area (Å²) in [7, 11) is 0. The van der Waals surface area contributed by atoms with E-state index in [1.165, 1.54) is 5.57 Å². The van der Waals surface area contributed by atoms with Gasteiger partial charge in [0, 0.05) is 42.1 Å². The summed E-state index contributed by atoms with van der Waals surface area (Å²) in [5.41, 5.74) is 6.51. The van der Waals surface area contributed by atoms with Crippen LogP contribution in [0.25, 0.3) is 0 Å². The molecule has 0 aliphatic heterocycles. The molecule has 37 heavy (non-hydrogen) atoms. The van der Waals surface area contributed by atoms with Crippen molar-refractivity contribution in [2.45, 2.75) is 105 Å². The number of Topliss-reactive ketones (excluding diaryl/α,β-unsaturated/α-hetero) is 2. The summed E-state index contributed by atoms with van der Waals surface area (Å²) in [5.74, 6) is 2.00. The topological polar surface area (TPSA) is 89.3 Å². The molecule has 6 aliphatic rings. The van der Waals surface area contributed by atoms with E-state index in [1.807, 2.05) is 0 Å². The van der Waals surface area contributed by atoms with E-state index in [4.69, 9.17) is 5.73 Å². The third-order valence-corrected chi connectivity index (χ3v) is 12.0. The minimum Gasteiger partial charge on any atom is -0.356 e. The van der Waals surface area contributed by atoms with Gasteiger partial charge in [0.2, 0.25) is 5.91 Å². The normalized spacial score (nSPS) is 42.6. The monoisotopic (exact) mass is 510 g/mol. The zero-order valence-corrected chi connectivity index (χ0v) is 23.7. The molecule has 6 aliphatic carbocycles. The van der Waals surface area contributed by atoms with E-state index in [0.717, 1.165) is 77.3 Å². The summed E-state index contributed by atoms with van der Waals surface area (Å²) in [6.07, 6.45) is 13.8. The Morgan fingerprint density at radius 2 is 1.76 bits per heavy atom. The Balaban J connectivity index is 1.43. The van der Waals surface area contributed by atoms with Crippen LogP contribution in [-0.4, -0.2) is 30.6 Å². The Morgan fingerprint density at radius 1 is 1.03 bits per heavy atom. The van der Waals surface area contributed by atoms with Gasteiger partial charge in [-0.3, -0.25) is 14.4 Å². The lowest BCUT2D eigenvalue weighted by Gasteiger charge is -2.70. The van der Waals surface area contributed by atoms with Crippen LogP contribution >= 0.6 is 0 Å². The van der Waals surface area contributed by atoms with E-state index in [2.05, 4.69) is 39.1 Å². The smallest absolute Gasteiger partial charge is 0.226 e. The third kappa shape index (κ3) is 4.08. The second-order valence-corrected chi connectivity index (χ2v) is 14.1. The maximum absolute atomic E-state index is 13.7. The zero-order valence-electron chi connectivity index (χ0n) is 23.7. The van der Waals surface area contributed by atoms with Gasteiger partial charge in [-0.2, -0.15) is 0 Å². The molecule has 5 nitrogen and oxygen atoms in total. The van der Waals surface area contributed by atoms with Gasteiger partial charge in [-0.1, -0.05) is 58.6 Å². The van der Waals surface area contributed by atoms with E-state index in [9.17, 15) is 14.4 Å². The summed E-state index contributed by atoms with van der Waals surface area (Å²) in [5, 5.41) is 3.32. The van der Waals surface area contributed by atoms with Crippen molar-refractivity contribution in [1.82, 2.24) is 5.32 Å². The summed E-state index contributed by atoms with van der Waals surface area (Å²) < 4.78 is 0. The molecule has 3 N–H and O–H groups in total. The number of hydrogen-bond acceptors (Lipinski definition) is 4. The predicted molar refractivity (Wildman–Crippen MR) is 147 cm³/mol. The van der Waals surface area contributed by atoms with Crippen LogP contribution in [0.3, 0.4) is 0 Å². The fraction of sp³-hybridized carbons (Fsp3) is 0.844. The molecule has 5 heteroatoms. The van der Waals surface area contributed by atoms with E-state index in [1.54, 1.807) is 0 Å². The number of ketones is 2. The summed E-state index contributed by atoms with van der Waals surface area (Å²) in [6, 6.07) is 0. The molecule has 4 fully saturated rings. The summed E-state index contributed by atoms with van der Waals surface area (Å²) in [4.78, 5) is 40.6. The molecule has 1 amide bonds. The summed E-state index contributed by atoms with van der Waals surface area (Å²) in [6.45, 7) is 10.7. The van der Waals surface area contributed by atoms with Crippen molar-refractivity contribution in [3.8, 4) is 0 Å². The molecule has 0 radical (unpaired) electrons. The fourth-order valence-corrected chi connectivity index (χ4v) is 10.4. The number of allylic oxidation sites excluding steroid dienone is 2. The molecule has 0 aromatic heterocycles. The average molecular weight is 511 g/mol. The van der Waals surface area contributed by atoms with Crippen LogP contribution < -0.4 is 11.1 Å². The first kappa shape index (κ1) is 27.1. The van der Waals surface area contributed by atoms with Crippen molar-refractivity contribution in [1.29, 1.82) is 0 Å². The third-order valence-electron chi connectivity index (χ3n) is 12.0. The quantitative estimate of drug-likeness (QED) is 0.328. The highest BCUT2D eigenvalue weighted by Crippen LogP contribution is 2.74. The highest BCUT2D eigenvalue weighted by Gasteiger charge is 2.70. The Bertz CT molecular complexity index is 971. The summed E-state index contributed by atoms with van der Waals surface area (Å²) >= 11 is 0. The first-order chi connectivity index (χ1) is 17.6. The van der Waals surface area contributed by atoms with E-state index >= 15 is 0 Å². The fourth-order valence-electron chi connectivity index (χ4n) is 10.4. The van der Waals surface area contributed by atoms with Gasteiger partial charge in [0.15, 0.2) is 0 Å². The minimum absolute atomic E-state index is 0.0206. The van der Waals surface area contributed by atoms with Gasteiger partial charge in [-0.15, -0.1) is 0 Å². The van der Waals surface area contributed by atoms with Gasteiger partial charge in [0.05, 0.1) is 0 Å². The molecular formula is C32H50N2O3. The molecule has 206 valence electrons. The molecule has 0 heterocycles. The Morgan fingerprint density at radius 3 is 2.49 bits per heavy atom. The number of nitrogens with one attached hydrogen (secondary N) is 1. The Hall–Kier alpha value is -1.49. The van der Waals surface area contributed by atoms with Crippen molar-refractivity contribution >= 4 is 17.5 Å². The molecule has 1 spiro atoms. The zero-order chi connectivity index (χ0) is 26.6. The highest BCUT2D eigenvalue weighted by atomic mass is 16.2. The number of unbranched alkanes of at least 4 members (excludes halogenated alkanes) is 3. The lowest BCUT2D eigenvalue weighted by Crippen LogP contribution is -2.67. The molecular weight excluding hydrogens is 460 g/mol. The Labute approximate surface area is 224 Å². The molecule has 6 rings (SSSR count). The highest BCUT2D eigenvalue weighted by molar-refractivity contribution is 5.98. The van der Waals surface area contributed by atoms with E-state index in [0.29, 0.717) is 42.2 Å². The maximum atomic E-state index is 13.7. The second kappa shape index (κ2) is 9.92. The van der Waals surface area contributed by atoms with E-state index in [-0.39, 0.29) is 39.9 Å². The molecule has 2 bridgehead atoms. The van der Waals surface area contributed by atoms with Gasteiger partial charge in [-0.05, 0) is 80.6 Å². The number of carbonyl (C=O) groups excluding carboxylic acids is 3. The lowest BCUT2D eigenvalue weighted by molar-refractivity contribution is -0.194. The maximum Gasteiger partial charge on any atom is 0.226 e. The van der Waals surface area contributed by atoms with Crippen LogP contribution in [0.4, 0.5) is 0 Å². The SMILES string of the molecule is CC(C)C1=C[C@@]23CC[C@H]4C(C)(C(=O)NCCCCCCN)CCC[C@]4(C)[C@H]2C[C@@H]1[C@H]1C(=O)CCC(=O)[C@H]13. The van der Waals surface area contributed by atoms with Gasteiger partial charge in [0.1, 0.15) is 11.6 Å². The van der Waals surface area contributed by atoms with Gasteiger partial charge < -0.3 is 11.1 Å². The number of amides is 1. The molecule has 8 atom stereocenters. The average Bonchev–Trinajstić information content (AvgIpc) is 2.87. The van der Waals surface area contributed by atoms with Crippen molar-refractivity contribution in [3.63, 3.8) is 0 Å². The standard InChI is InChI=1S/C32H50N2O3/c1-20(2)22-19-32-15-12-25-30(3,26(32)18-21(22)27-23(35)10-11-24(36)28(27)32)13-9-14-31(25,4)29(37)34-17-8-6-5-7-16-33/h19-21,25-28H,5-18,33H2,1-4H3,(H,34,37)/t21-,25+,26+,27-,28+,30-,31?,32-/m0/s1. The molecule has 0 saturated heterocycles. The number of nitrogens with two attached hydrogens (primary N) is 1. The molecule has 1 unspecified atom stereocenters. The number of hydrogen-bond donors (Lipinski definition) is 2. The largest absolute Gasteiger partial charge is 0.356 e. The predicted octanol–water partition coefficient (Wildman–Crippen LogP) is 5.61. The van der Waals surface area contributed by atoms with Crippen LogP contribution in [0.1, 0.15) is 105 Å². The lowest BCUT2D eigenvalue weighted by atomic mass is 9.33. The van der Waals surface area contributed by atoms with Crippen LogP contribution in [0.15, 0.2) is 11.6 Å². The molecule has 4 saturated carbocycles. The number of fused-ring (bicyclic) bond motifs is 1. The van der Waals surface area contributed by atoms with Crippen LogP contribution in [0, 0.1) is 51.8 Å². The minimum atomic E-state index is -0.362. The first-order valence-electron chi connectivity index (χ1n) is 15.4. The molecule has 0 aromatic carbocycles. The van der Waals surface area contributed by atoms with Crippen LogP contribution in [0.2, 0.25) is 0 Å². The van der Waals surface area contributed by atoms with Gasteiger partial charge in [-0.25, -0.2) is 0 Å². The molecule has 0 aromatic rings.